The molecule has 5 nitrogen and oxygen atoms in total. The molecule has 1 saturated heterocycles. The highest BCUT2D eigenvalue weighted by Crippen LogP contribution is 2.18. The Bertz CT molecular complexity index is 996. The van der Waals surface area contributed by atoms with Gasteiger partial charge in [-0.3, -0.25) is 9.69 Å². The Hall–Kier alpha value is -3.25. The Morgan fingerprint density at radius 2 is 1.80 bits per heavy atom. The Kier molecular flexibility index (Phi) is 6.05. The number of carbonyl (C=O) groups is 1. The average molecular weight is 404 g/mol. The zero-order chi connectivity index (χ0) is 20.9. The predicted octanol–water partition coefficient (Wildman–Crippen LogP) is 4.10. The van der Waals surface area contributed by atoms with Crippen molar-refractivity contribution in [3.05, 3.63) is 89.4 Å². The van der Waals surface area contributed by atoms with E-state index >= 15 is 0 Å². The number of piperazine rings is 1. The van der Waals surface area contributed by atoms with E-state index in [4.69, 9.17) is 0 Å². The summed E-state index contributed by atoms with van der Waals surface area (Å²) in [4.78, 5) is 21.4. The number of hydrogen-bond acceptors (Lipinski definition) is 4. The summed E-state index contributed by atoms with van der Waals surface area (Å²) in [6.07, 6.45) is 1.69. The van der Waals surface area contributed by atoms with Crippen LogP contribution in [0.4, 0.5) is 15.9 Å². The zero-order valence-electron chi connectivity index (χ0n) is 17.0. The van der Waals surface area contributed by atoms with Crippen LogP contribution in [0.5, 0.6) is 0 Å². The lowest BCUT2D eigenvalue weighted by molar-refractivity contribution is 0.102. The van der Waals surface area contributed by atoms with Gasteiger partial charge < -0.3 is 10.2 Å². The second-order valence-corrected chi connectivity index (χ2v) is 7.62. The summed E-state index contributed by atoms with van der Waals surface area (Å²) in [5, 5.41) is 2.89. The smallest absolute Gasteiger partial charge is 0.255 e. The molecule has 0 saturated carbocycles. The first-order valence-corrected chi connectivity index (χ1v) is 10.1. The number of carbonyl (C=O) groups excluding carboxylic acids is 1. The van der Waals surface area contributed by atoms with Crippen LogP contribution in [0.15, 0.2) is 66.9 Å². The normalized spacial score (nSPS) is 14.5. The molecule has 0 spiro atoms. The number of nitrogens with one attached hydrogen (secondary N) is 1. The standard InChI is InChI=1S/C24H25FN4O/c1-18-5-7-20(8-6-18)24(30)27-22-9-10-23(26-16-22)29-13-11-28(12-14-29)17-19-3-2-4-21(25)15-19/h2-10,15-16H,11-14,17H2,1H3,(H,27,30). The van der Waals surface area contributed by atoms with Gasteiger partial charge in [-0.25, -0.2) is 9.37 Å². The molecule has 6 heteroatoms. The molecular formula is C24H25FN4O. The van der Waals surface area contributed by atoms with Crippen LogP contribution < -0.4 is 10.2 Å². The Labute approximate surface area is 176 Å². The number of aromatic nitrogens is 1. The number of nitrogens with zero attached hydrogens (tertiary/aromatic N) is 3. The van der Waals surface area contributed by atoms with Crippen molar-refractivity contribution in [1.29, 1.82) is 0 Å². The first-order chi connectivity index (χ1) is 14.6. The highest BCUT2D eigenvalue weighted by Gasteiger charge is 2.18. The number of halogens is 1. The summed E-state index contributed by atoms with van der Waals surface area (Å²) in [5.41, 5.74) is 3.41. The molecule has 2 heterocycles. The molecule has 154 valence electrons. The third kappa shape index (κ3) is 5.02. The predicted molar refractivity (Wildman–Crippen MR) is 117 cm³/mol. The first kappa shape index (κ1) is 20.0. The molecule has 1 aliphatic heterocycles. The summed E-state index contributed by atoms with van der Waals surface area (Å²) >= 11 is 0. The van der Waals surface area contributed by atoms with Crippen LogP contribution in [0.25, 0.3) is 0 Å². The molecule has 1 aromatic heterocycles. The van der Waals surface area contributed by atoms with Crippen LogP contribution in [-0.4, -0.2) is 42.0 Å². The maximum Gasteiger partial charge on any atom is 0.255 e. The van der Waals surface area contributed by atoms with Gasteiger partial charge in [-0.05, 0) is 48.9 Å². The SMILES string of the molecule is Cc1ccc(C(=O)Nc2ccc(N3CCN(Cc4cccc(F)c4)CC3)nc2)cc1. The fraction of sp³-hybridized carbons (Fsp3) is 0.250. The van der Waals surface area contributed by atoms with E-state index in [-0.39, 0.29) is 11.7 Å². The first-order valence-electron chi connectivity index (χ1n) is 10.1. The molecule has 2 aromatic carbocycles. The van der Waals surface area contributed by atoms with Crippen LogP contribution in [0.2, 0.25) is 0 Å². The molecule has 0 atom stereocenters. The molecule has 0 bridgehead atoms. The van der Waals surface area contributed by atoms with Gasteiger partial charge in [-0.2, -0.15) is 0 Å². The summed E-state index contributed by atoms with van der Waals surface area (Å²) in [5.74, 6) is 0.564. The van der Waals surface area contributed by atoms with E-state index in [9.17, 15) is 9.18 Å². The maximum atomic E-state index is 13.4. The fourth-order valence-corrected chi connectivity index (χ4v) is 3.58. The van der Waals surface area contributed by atoms with Crippen molar-refractivity contribution in [3.63, 3.8) is 0 Å². The van der Waals surface area contributed by atoms with Gasteiger partial charge in [0.05, 0.1) is 11.9 Å². The molecule has 3 aromatic rings. The molecule has 30 heavy (non-hydrogen) atoms. The minimum Gasteiger partial charge on any atom is -0.354 e. The lowest BCUT2D eigenvalue weighted by atomic mass is 10.1. The lowest BCUT2D eigenvalue weighted by Crippen LogP contribution is -2.46. The van der Waals surface area contributed by atoms with Crippen LogP contribution in [0.1, 0.15) is 21.5 Å². The second-order valence-electron chi connectivity index (χ2n) is 7.62. The topological polar surface area (TPSA) is 48.5 Å². The molecular weight excluding hydrogens is 379 g/mol. The number of amides is 1. The van der Waals surface area contributed by atoms with Gasteiger partial charge >= 0.3 is 0 Å². The van der Waals surface area contributed by atoms with Gasteiger partial charge in [0.2, 0.25) is 0 Å². The van der Waals surface area contributed by atoms with E-state index in [0.29, 0.717) is 11.3 Å². The summed E-state index contributed by atoms with van der Waals surface area (Å²) in [6, 6.07) is 18.1. The van der Waals surface area contributed by atoms with E-state index in [1.54, 1.807) is 18.3 Å². The highest BCUT2D eigenvalue weighted by atomic mass is 19.1. The zero-order valence-corrected chi connectivity index (χ0v) is 17.0. The van der Waals surface area contributed by atoms with Crippen molar-refractivity contribution in [2.75, 3.05) is 36.4 Å². The van der Waals surface area contributed by atoms with Crippen LogP contribution in [-0.2, 0) is 6.54 Å². The van der Waals surface area contributed by atoms with Crippen molar-refractivity contribution >= 4 is 17.4 Å². The van der Waals surface area contributed by atoms with Crippen LogP contribution in [0.3, 0.4) is 0 Å². The molecule has 1 N–H and O–H groups in total. The number of anilines is 2. The quantitative estimate of drug-likeness (QED) is 0.696. The fourth-order valence-electron chi connectivity index (χ4n) is 3.58. The Balaban J connectivity index is 1.30. The number of rotatable bonds is 5. The molecule has 0 radical (unpaired) electrons. The summed E-state index contributed by atoms with van der Waals surface area (Å²) in [6.45, 7) is 6.25. The van der Waals surface area contributed by atoms with Crippen molar-refractivity contribution in [2.45, 2.75) is 13.5 Å². The Morgan fingerprint density at radius 3 is 2.47 bits per heavy atom. The van der Waals surface area contributed by atoms with Gasteiger partial charge in [-0.15, -0.1) is 0 Å². The lowest BCUT2D eigenvalue weighted by Gasteiger charge is -2.35. The van der Waals surface area contributed by atoms with Gasteiger partial charge in [0.15, 0.2) is 0 Å². The van der Waals surface area contributed by atoms with E-state index in [1.807, 2.05) is 49.4 Å². The molecule has 1 fully saturated rings. The van der Waals surface area contributed by atoms with E-state index in [2.05, 4.69) is 20.1 Å². The molecule has 4 rings (SSSR count). The average Bonchev–Trinajstić information content (AvgIpc) is 2.75. The van der Waals surface area contributed by atoms with Gasteiger partial charge in [-0.1, -0.05) is 29.8 Å². The number of benzene rings is 2. The van der Waals surface area contributed by atoms with Crippen LogP contribution >= 0.6 is 0 Å². The molecule has 1 amide bonds. The third-order valence-electron chi connectivity index (χ3n) is 5.31. The van der Waals surface area contributed by atoms with Crippen molar-refractivity contribution in [3.8, 4) is 0 Å². The Morgan fingerprint density at radius 1 is 1.03 bits per heavy atom. The van der Waals surface area contributed by atoms with Gasteiger partial charge in [0.1, 0.15) is 11.6 Å². The van der Waals surface area contributed by atoms with Crippen molar-refractivity contribution in [1.82, 2.24) is 9.88 Å². The third-order valence-corrected chi connectivity index (χ3v) is 5.31. The number of pyridine rings is 1. The van der Waals surface area contributed by atoms with Gasteiger partial charge in [0, 0.05) is 38.3 Å². The van der Waals surface area contributed by atoms with Crippen LogP contribution in [0, 0.1) is 12.7 Å². The largest absolute Gasteiger partial charge is 0.354 e. The van der Waals surface area contributed by atoms with E-state index < -0.39 is 0 Å². The highest BCUT2D eigenvalue weighted by molar-refractivity contribution is 6.04. The summed E-state index contributed by atoms with van der Waals surface area (Å²) < 4.78 is 13.4. The molecule has 0 aliphatic carbocycles. The van der Waals surface area contributed by atoms with E-state index in [1.165, 1.54) is 6.07 Å². The van der Waals surface area contributed by atoms with Crippen molar-refractivity contribution in [2.24, 2.45) is 0 Å². The minimum atomic E-state index is -0.190. The van der Waals surface area contributed by atoms with Crippen molar-refractivity contribution < 1.29 is 9.18 Å². The number of aryl methyl sites for hydroxylation is 1. The number of hydrogen-bond donors (Lipinski definition) is 1. The second kappa shape index (κ2) is 9.05. The minimum absolute atomic E-state index is 0.143. The summed E-state index contributed by atoms with van der Waals surface area (Å²) in [7, 11) is 0. The monoisotopic (exact) mass is 404 g/mol. The molecule has 0 unspecified atom stereocenters. The van der Waals surface area contributed by atoms with Gasteiger partial charge in [0.25, 0.3) is 5.91 Å². The van der Waals surface area contributed by atoms with E-state index in [0.717, 1.165) is 49.7 Å². The maximum absolute atomic E-state index is 13.4. The molecule has 1 aliphatic rings.